The molecule has 4 heterocycles. The quantitative estimate of drug-likeness (QED) is 0.251. The van der Waals surface area contributed by atoms with E-state index in [1.165, 1.54) is 23.5 Å². The Bertz CT molecular complexity index is 1640. The minimum Gasteiger partial charge on any atom is -0.504 e. The number of piperidine rings is 1. The van der Waals surface area contributed by atoms with Gasteiger partial charge in [0.1, 0.15) is 16.7 Å². The van der Waals surface area contributed by atoms with Crippen molar-refractivity contribution in [1.82, 2.24) is 23.7 Å². The van der Waals surface area contributed by atoms with Crippen LogP contribution >= 0.6 is 22.9 Å². The Morgan fingerprint density at radius 2 is 1.90 bits per heavy atom. The van der Waals surface area contributed by atoms with E-state index in [4.69, 9.17) is 21.6 Å². The number of thiazole rings is 1. The van der Waals surface area contributed by atoms with Gasteiger partial charge >= 0.3 is 0 Å². The van der Waals surface area contributed by atoms with Crippen LogP contribution in [-0.2, 0) is 11.0 Å². The molecule has 13 heteroatoms. The van der Waals surface area contributed by atoms with E-state index in [1.807, 2.05) is 26.3 Å². The summed E-state index contributed by atoms with van der Waals surface area (Å²) in [4.78, 5) is 15.5. The third kappa shape index (κ3) is 5.47. The molecule has 3 aromatic heterocycles. The summed E-state index contributed by atoms with van der Waals surface area (Å²) in [6.07, 6.45) is 5.41. The van der Waals surface area contributed by atoms with Crippen LogP contribution in [0.1, 0.15) is 12.8 Å². The second kappa shape index (κ2) is 11.3. The van der Waals surface area contributed by atoms with Gasteiger partial charge in [0, 0.05) is 47.5 Å². The number of anilines is 1. The molecule has 1 saturated heterocycles. The molecule has 0 spiro atoms. The number of nitrogens with one attached hydrogen (secondary N) is 1. The van der Waals surface area contributed by atoms with Crippen LogP contribution in [-0.4, -0.2) is 62.7 Å². The molecule has 2 aromatic carbocycles. The highest BCUT2D eigenvalue weighted by Crippen LogP contribution is 2.37. The van der Waals surface area contributed by atoms with Gasteiger partial charge in [0.25, 0.3) is 0 Å². The van der Waals surface area contributed by atoms with Crippen LogP contribution in [0.25, 0.3) is 27.6 Å². The molecule has 1 unspecified atom stereocenters. The second-order valence-electron chi connectivity index (χ2n) is 8.91. The Morgan fingerprint density at radius 1 is 1.08 bits per heavy atom. The summed E-state index contributed by atoms with van der Waals surface area (Å²) in [5.41, 5.74) is 2.71. The van der Waals surface area contributed by atoms with Gasteiger partial charge < -0.3 is 21.0 Å². The average molecular weight is 585 g/mol. The van der Waals surface area contributed by atoms with E-state index in [0.29, 0.717) is 34.5 Å². The van der Waals surface area contributed by atoms with Gasteiger partial charge in [0.2, 0.25) is 5.95 Å². The summed E-state index contributed by atoms with van der Waals surface area (Å²) in [6, 6.07) is 13.6. The molecule has 0 radical (unpaired) electrons. The van der Waals surface area contributed by atoms with Crippen LogP contribution in [0.15, 0.2) is 71.2 Å². The third-order valence-electron chi connectivity index (χ3n) is 6.38. The first kappa shape index (κ1) is 27.0. The number of phenols is 2. The maximum Gasteiger partial charge on any atom is 0.223 e. The number of fused-ring (bicyclic) bond motifs is 1. The third-order valence-corrected chi connectivity index (χ3v) is 8.86. The lowest BCUT2D eigenvalue weighted by Gasteiger charge is -2.32. The molecule has 0 saturated carbocycles. The van der Waals surface area contributed by atoms with E-state index in [9.17, 15) is 14.4 Å². The fourth-order valence-electron chi connectivity index (χ4n) is 4.56. The zero-order chi connectivity index (χ0) is 26.2. The number of rotatable bonds is 6. The predicted molar refractivity (Wildman–Crippen MR) is 153 cm³/mol. The number of phenolic OH excluding ortho intramolecular Hbond substituents is 2. The SMILES string of the molecule is O.O=S(c1ccc(Cl)cc1)N1CCC[C@@H](Nc2nccc(-c3c(-c4ccc(O)c(O)c4)nc4sccn34)n2)C1. The number of aromatic nitrogens is 4. The second-order valence-corrected chi connectivity index (χ2v) is 11.7. The minimum atomic E-state index is -1.28. The highest BCUT2D eigenvalue weighted by Gasteiger charge is 2.26. The van der Waals surface area contributed by atoms with Gasteiger partial charge in [-0.2, -0.15) is 0 Å². The summed E-state index contributed by atoms with van der Waals surface area (Å²) < 4.78 is 17.0. The van der Waals surface area contributed by atoms with Crippen LogP contribution in [0.3, 0.4) is 0 Å². The maximum absolute atomic E-state index is 13.1. The topological polar surface area (TPSA) is 147 Å². The van der Waals surface area contributed by atoms with Crippen molar-refractivity contribution in [3.05, 3.63) is 71.3 Å². The lowest BCUT2D eigenvalue weighted by Crippen LogP contribution is -2.43. The van der Waals surface area contributed by atoms with E-state index in [1.54, 1.807) is 36.5 Å². The molecule has 1 aliphatic heterocycles. The number of halogens is 1. The van der Waals surface area contributed by atoms with Gasteiger partial charge in [-0.3, -0.25) is 4.40 Å². The zero-order valence-electron chi connectivity index (χ0n) is 20.5. The van der Waals surface area contributed by atoms with Gasteiger partial charge in [-0.1, -0.05) is 11.6 Å². The number of hydrogen-bond acceptors (Lipinski definition) is 8. The van der Waals surface area contributed by atoms with Crippen molar-refractivity contribution >= 4 is 44.8 Å². The molecule has 10 nitrogen and oxygen atoms in total. The Kier molecular flexibility index (Phi) is 7.82. The lowest BCUT2D eigenvalue weighted by atomic mass is 10.1. The highest BCUT2D eigenvalue weighted by atomic mass is 35.5. The van der Waals surface area contributed by atoms with Gasteiger partial charge in [-0.05, 0) is 61.4 Å². The number of nitrogens with zero attached hydrogens (tertiary/aromatic N) is 5. The van der Waals surface area contributed by atoms with Crippen LogP contribution < -0.4 is 5.32 Å². The highest BCUT2D eigenvalue weighted by molar-refractivity contribution is 7.82. The van der Waals surface area contributed by atoms with Crippen molar-refractivity contribution in [1.29, 1.82) is 0 Å². The summed E-state index contributed by atoms with van der Waals surface area (Å²) in [5, 5.41) is 25.8. The van der Waals surface area contributed by atoms with Crippen LogP contribution in [0, 0.1) is 0 Å². The van der Waals surface area contributed by atoms with Crippen LogP contribution in [0.4, 0.5) is 5.95 Å². The fourth-order valence-corrected chi connectivity index (χ4v) is 6.67. The molecule has 0 bridgehead atoms. The zero-order valence-corrected chi connectivity index (χ0v) is 22.9. The van der Waals surface area contributed by atoms with Gasteiger partial charge in [0.15, 0.2) is 16.5 Å². The lowest BCUT2D eigenvalue weighted by molar-refractivity contribution is 0.342. The largest absolute Gasteiger partial charge is 0.504 e. The number of hydrogen-bond donors (Lipinski definition) is 3. The van der Waals surface area contributed by atoms with E-state index in [-0.39, 0.29) is 23.0 Å². The molecule has 1 fully saturated rings. The van der Waals surface area contributed by atoms with Gasteiger partial charge in [-0.15, -0.1) is 11.3 Å². The number of imidazole rings is 1. The average Bonchev–Trinajstić information content (AvgIpc) is 3.52. The molecule has 2 atom stereocenters. The molecule has 5 N–H and O–H groups in total. The fraction of sp³-hybridized carbons (Fsp3) is 0.192. The summed E-state index contributed by atoms with van der Waals surface area (Å²) >= 11 is 7.48. The monoisotopic (exact) mass is 584 g/mol. The summed E-state index contributed by atoms with van der Waals surface area (Å²) in [6.45, 7) is 1.32. The molecule has 1 aliphatic rings. The Balaban J connectivity index is 0.00000308. The molecule has 39 heavy (non-hydrogen) atoms. The van der Waals surface area contributed by atoms with Gasteiger partial charge in [-0.25, -0.2) is 23.5 Å². The van der Waals surface area contributed by atoms with Crippen molar-refractivity contribution in [3.8, 4) is 34.1 Å². The first-order valence-electron chi connectivity index (χ1n) is 12.0. The van der Waals surface area contributed by atoms with Crippen LogP contribution in [0.5, 0.6) is 11.5 Å². The number of benzene rings is 2. The smallest absolute Gasteiger partial charge is 0.223 e. The first-order valence-corrected chi connectivity index (χ1v) is 14.3. The van der Waals surface area contributed by atoms with E-state index < -0.39 is 11.0 Å². The Morgan fingerprint density at radius 3 is 2.69 bits per heavy atom. The Hall–Kier alpha value is -3.55. The first-order chi connectivity index (χ1) is 18.5. The number of aromatic hydroxyl groups is 2. The van der Waals surface area contributed by atoms with E-state index >= 15 is 0 Å². The standard InChI is InChI=1S/C26H23ClN6O3S2.H2O/c27-17-4-6-19(7-5-17)38(36)32-11-1-2-18(15-32)29-25-28-10-9-20(30-25)24-23(31-26-33(24)12-13-37-26)16-3-8-21(34)22(35)14-16;/h3-10,12-14,18,34-35H,1-2,11,15H2,(H,28,29,30);1H2/t18-,38?;/m1./s1. The summed E-state index contributed by atoms with van der Waals surface area (Å²) in [7, 11) is -1.28. The Labute approximate surface area is 235 Å². The van der Waals surface area contributed by atoms with E-state index in [2.05, 4.69) is 10.3 Å². The molecule has 202 valence electrons. The van der Waals surface area contributed by atoms with Gasteiger partial charge in [0.05, 0.1) is 16.3 Å². The molecule has 0 aliphatic carbocycles. The molecular weight excluding hydrogens is 560 g/mol. The molecule has 5 aromatic rings. The van der Waals surface area contributed by atoms with Crippen molar-refractivity contribution in [3.63, 3.8) is 0 Å². The van der Waals surface area contributed by atoms with Crippen molar-refractivity contribution in [2.75, 3.05) is 18.4 Å². The molecule has 0 amide bonds. The van der Waals surface area contributed by atoms with Crippen molar-refractivity contribution in [2.45, 2.75) is 23.8 Å². The minimum absolute atomic E-state index is 0. The normalized spacial score (nSPS) is 16.6. The summed E-state index contributed by atoms with van der Waals surface area (Å²) in [5.74, 6) is 0.0624. The predicted octanol–water partition coefficient (Wildman–Crippen LogP) is 4.36. The van der Waals surface area contributed by atoms with E-state index in [0.717, 1.165) is 34.9 Å². The van der Waals surface area contributed by atoms with Crippen molar-refractivity contribution in [2.24, 2.45) is 0 Å². The molecule has 6 rings (SSSR count). The maximum atomic E-state index is 13.1. The molecular formula is C26H25ClN6O4S2. The van der Waals surface area contributed by atoms with Crippen LogP contribution in [0.2, 0.25) is 5.02 Å². The van der Waals surface area contributed by atoms with Crippen molar-refractivity contribution < 1.29 is 19.9 Å².